The maximum atomic E-state index is 10.8. The third-order valence-electron chi connectivity index (χ3n) is 2.13. The van der Waals surface area contributed by atoms with E-state index in [9.17, 15) is 10.1 Å². The molecule has 0 atom stereocenters. The zero-order chi connectivity index (χ0) is 11.7. The number of nitro benzene ring substituents is 1. The molecule has 1 aromatic heterocycles. The summed E-state index contributed by atoms with van der Waals surface area (Å²) < 4.78 is 0.661. The number of halogens is 1. The van der Waals surface area contributed by atoms with E-state index in [-0.39, 0.29) is 5.69 Å². The number of nitrogens with zero attached hydrogens (tertiary/aromatic N) is 3. The van der Waals surface area contributed by atoms with Gasteiger partial charge in [0.2, 0.25) is 0 Å². The zero-order valence-corrected chi connectivity index (χ0v) is 10.6. The largest absolute Gasteiger partial charge is 0.273 e. The summed E-state index contributed by atoms with van der Waals surface area (Å²) in [6.07, 6.45) is 0. The number of rotatable bonds is 2. The fraction of sp³-hybridized carbons (Fsp3) is 0.111. The highest BCUT2D eigenvalue weighted by Crippen LogP contribution is 2.32. The Morgan fingerprint density at radius 3 is 2.75 bits per heavy atom. The zero-order valence-electron chi connectivity index (χ0n) is 8.18. The number of aromatic nitrogens is 2. The molecule has 82 valence electrons. The summed E-state index contributed by atoms with van der Waals surface area (Å²) >= 11 is 4.56. The molecule has 7 heteroatoms. The molecule has 1 heterocycles. The summed E-state index contributed by atoms with van der Waals surface area (Å²) in [7, 11) is 0. The molecular weight excluding hydrogens is 294 g/mol. The Morgan fingerprint density at radius 1 is 1.44 bits per heavy atom. The summed E-state index contributed by atoms with van der Waals surface area (Å²) in [5.74, 6) is 0. The molecule has 0 fully saturated rings. The van der Waals surface area contributed by atoms with E-state index in [4.69, 9.17) is 0 Å². The summed E-state index contributed by atoms with van der Waals surface area (Å²) in [5, 5.41) is 19.2. The van der Waals surface area contributed by atoms with Gasteiger partial charge in [-0.05, 0) is 22.9 Å². The van der Waals surface area contributed by atoms with Crippen LogP contribution in [0.2, 0.25) is 0 Å². The topological polar surface area (TPSA) is 68.9 Å². The molecule has 0 N–H and O–H groups in total. The van der Waals surface area contributed by atoms with Gasteiger partial charge in [-0.25, -0.2) is 0 Å². The van der Waals surface area contributed by atoms with E-state index in [1.165, 1.54) is 17.4 Å². The molecular formula is C9H6BrN3O2S. The van der Waals surface area contributed by atoms with Crippen molar-refractivity contribution in [1.82, 2.24) is 10.2 Å². The van der Waals surface area contributed by atoms with Crippen molar-refractivity contribution >= 4 is 33.0 Å². The molecule has 0 spiro atoms. The van der Waals surface area contributed by atoms with E-state index in [0.29, 0.717) is 14.5 Å². The molecule has 1 aromatic carbocycles. The maximum Gasteiger partial charge on any atom is 0.273 e. The molecule has 0 bridgehead atoms. The molecule has 5 nitrogen and oxygen atoms in total. The number of nitro groups is 1. The molecule has 0 unspecified atom stereocenters. The van der Waals surface area contributed by atoms with E-state index in [0.717, 1.165) is 5.56 Å². The van der Waals surface area contributed by atoms with E-state index in [2.05, 4.69) is 26.1 Å². The van der Waals surface area contributed by atoms with Gasteiger partial charge in [-0.15, -0.1) is 10.2 Å². The summed E-state index contributed by atoms with van der Waals surface area (Å²) in [6, 6.07) is 4.93. The van der Waals surface area contributed by atoms with Crippen molar-refractivity contribution in [2.24, 2.45) is 0 Å². The second-order valence-corrected chi connectivity index (χ2v) is 5.32. The summed E-state index contributed by atoms with van der Waals surface area (Å²) in [6.45, 7) is 1.71. The van der Waals surface area contributed by atoms with Crippen LogP contribution in [0.15, 0.2) is 22.1 Å². The van der Waals surface area contributed by atoms with Gasteiger partial charge in [0.1, 0.15) is 5.01 Å². The lowest BCUT2D eigenvalue weighted by Crippen LogP contribution is -1.93. The summed E-state index contributed by atoms with van der Waals surface area (Å²) in [4.78, 5) is 10.4. The Labute approximate surface area is 103 Å². The molecule has 16 heavy (non-hydrogen) atoms. The van der Waals surface area contributed by atoms with Crippen LogP contribution in [0.4, 0.5) is 5.69 Å². The van der Waals surface area contributed by atoms with Crippen molar-refractivity contribution in [1.29, 1.82) is 0 Å². The Balaban J connectivity index is 2.58. The minimum absolute atomic E-state index is 0.101. The molecule has 0 aliphatic carbocycles. The van der Waals surface area contributed by atoms with Crippen molar-refractivity contribution in [3.05, 3.63) is 37.8 Å². The van der Waals surface area contributed by atoms with Crippen LogP contribution in [0.3, 0.4) is 0 Å². The SMILES string of the molecule is Cc1c(-c2nnc(Br)s2)cccc1[N+](=O)[O-]. The van der Waals surface area contributed by atoms with E-state index < -0.39 is 4.92 Å². The van der Waals surface area contributed by atoms with Crippen molar-refractivity contribution < 1.29 is 4.92 Å². The van der Waals surface area contributed by atoms with Crippen LogP contribution in [-0.4, -0.2) is 15.1 Å². The highest BCUT2D eigenvalue weighted by molar-refractivity contribution is 9.11. The predicted octanol–water partition coefficient (Wildman–Crippen LogP) is 3.18. The molecule has 0 radical (unpaired) electrons. The first-order chi connectivity index (χ1) is 7.59. The molecule has 0 saturated carbocycles. The van der Waals surface area contributed by atoms with Crippen molar-refractivity contribution in [2.45, 2.75) is 6.92 Å². The minimum Gasteiger partial charge on any atom is -0.258 e. The van der Waals surface area contributed by atoms with E-state index in [1.54, 1.807) is 19.1 Å². The fourth-order valence-electron chi connectivity index (χ4n) is 1.37. The smallest absolute Gasteiger partial charge is 0.258 e. The van der Waals surface area contributed by atoms with Gasteiger partial charge < -0.3 is 0 Å². The Bertz CT molecular complexity index is 555. The number of hydrogen-bond acceptors (Lipinski definition) is 5. The van der Waals surface area contributed by atoms with Crippen LogP contribution >= 0.6 is 27.3 Å². The lowest BCUT2D eigenvalue weighted by molar-refractivity contribution is -0.385. The average molecular weight is 300 g/mol. The normalized spacial score (nSPS) is 10.4. The minimum atomic E-state index is -0.394. The third kappa shape index (κ3) is 1.96. The molecule has 0 aliphatic rings. The highest BCUT2D eigenvalue weighted by Gasteiger charge is 2.16. The predicted molar refractivity (Wildman–Crippen MR) is 64.4 cm³/mol. The first kappa shape index (κ1) is 11.2. The Hall–Kier alpha value is -1.34. The maximum absolute atomic E-state index is 10.8. The van der Waals surface area contributed by atoms with Crippen molar-refractivity contribution in [2.75, 3.05) is 0 Å². The van der Waals surface area contributed by atoms with E-state index >= 15 is 0 Å². The highest BCUT2D eigenvalue weighted by atomic mass is 79.9. The molecule has 2 rings (SSSR count). The Kier molecular flexibility index (Phi) is 2.97. The van der Waals surface area contributed by atoms with E-state index in [1.807, 2.05) is 0 Å². The van der Waals surface area contributed by atoms with Gasteiger partial charge in [0.05, 0.1) is 4.92 Å². The van der Waals surface area contributed by atoms with Gasteiger partial charge in [-0.2, -0.15) is 0 Å². The van der Waals surface area contributed by atoms with Crippen molar-refractivity contribution in [3.63, 3.8) is 0 Å². The van der Waals surface area contributed by atoms with Gasteiger partial charge in [-0.1, -0.05) is 23.5 Å². The van der Waals surface area contributed by atoms with Crippen LogP contribution in [0.5, 0.6) is 0 Å². The molecule has 0 saturated heterocycles. The lowest BCUT2D eigenvalue weighted by atomic mass is 10.1. The van der Waals surface area contributed by atoms with Crippen LogP contribution in [0, 0.1) is 17.0 Å². The molecule has 0 aliphatic heterocycles. The average Bonchev–Trinajstić information content (AvgIpc) is 2.64. The fourth-order valence-corrected chi connectivity index (χ4v) is 2.56. The van der Waals surface area contributed by atoms with Crippen LogP contribution in [-0.2, 0) is 0 Å². The molecule has 2 aromatic rings. The van der Waals surface area contributed by atoms with Crippen LogP contribution < -0.4 is 0 Å². The quantitative estimate of drug-likeness (QED) is 0.631. The Morgan fingerprint density at radius 2 is 2.19 bits per heavy atom. The standard InChI is InChI=1S/C9H6BrN3O2S/c1-5-6(8-11-12-9(10)16-8)3-2-4-7(5)13(14)15/h2-4H,1H3. The lowest BCUT2D eigenvalue weighted by Gasteiger charge is -2.01. The van der Waals surface area contributed by atoms with Crippen LogP contribution in [0.25, 0.3) is 10.6 Å². The van der Waals surface area contributed by atoms with Gasteiger partial charge in [0.25, 0.3) is 5.69 Å². The second-order valence-electron chi connectivity index (χ2n) is 3.07. The number of hydrogen-bond donors (Lipinski definition) is 0. The first-order valence-electron chi connectivity index (χ1n) is 4.33. The second kappa shape index (κ2) is 4.26. The van der Waals surface area contributed by atoms with Gasteiger partial charge in [0, 0.05) is 17.2 Å². The third-order valence-corrected chi connectivity index (χ3v) is 3.52. The van der Waals surface area contributed by atoms with Crippen molar-refractivity contribution in [3.8, 4) is 10.6 Å². The van der Waals surface area contributed by atoms with Gasteiger partial charge in [0.15, 0.2) is 3.92 Å². The monoisotopic (exact) mass is 299 g/mol. The van der Waals surface area contributed by atoms with Gasteiger partial charge >= 0.3 is 0 Å². The first-order valence-corrected chi connectivity index (χ1v) is 5.94. The molecule has 0 amide bonds. The van der Waals surface area contributed by atoms with Crippen LogP contribution in [0.1, 0.15) is 5.56 Å². The summed E-state index contributed by atoms with van der Waals surface area (Å²) in [5.41, 5.74) is 1.46. The number of benzene rings is 1. The van der Waals surface area contributed by atoms with Gasteiger partial charge in [-0.3, -0.25) is 10.1 Å².